The lowest BCUT2D eigenvalue weighted by Crippen LogP contribution is -2.26. The Morgan fingerprint density at radius 2 is 2.05 bits per heavy atom. The summed E-state index contributed by atoms with van der Waals surface area (Å²) in [4.78, 5) is 16.8. The van der Waals surface area contributed by atoms with Crippen molar-refractivity contribution >= 4 is 17.7 Å². The molecular weight excluding hydrogens is 272 g/mol. The summed E-state index contributed by atoms with van der Waals surface area (Å²) in [6.45, 7) is 0.223. The number of aromatic nitrogens is 1. The summed E-state index contributed by atoms with van der Waals surface area (Å²) in [6.07, 6.45) is 3.61. The number of amides is 1. The van der Waals surface area contributed by atoms with Crippen LogP contribution in [0.2, 0.25) is 0 Å². The first-order chi connectivity index (χ1) is 9.79. The zero-order valence-electron chi connectivity index (χ0n) is 11.0. The lowest BCUT2D eigenvalue weighted by atomic mass is 10.2. The molecule has 1 amide bonds. The van der Waals surface area contributed by atoms with Crippen molar-refractivity contribution < 1.29 is 9.90 Å². The van der Waals surface area contributed by atoms with Crippen LogP contribution in [-0.4, -0.2) is 29.1 Å². The number of pyridine rings is 1. The maximum Gasteiger partial charge on any atom is 0.251 e. The van der Waals surface area contributed by atoms with E-state index in [9.17, 15) is 4.79 Å². The number of nitrogens with zero attached hydrogens (tertiary/aromatic N) is 1. The number of thioether (sulfide) groups is 1. The standard InChI is InChI=1S/C15H16N2O2S/c18-9-8-17-15(19)13-3-5-14(6-4-13)20-11-12-2-1-7-16-10-12/h1-7,10,18H,8-9,11H2,(H,17,19). The summed E-state index contributed by atoms with van der Waals surface area (Å²) in [7, 11) is 0. The Hall–Kier alpha value is -1.85. The van der Waals surface area contributed by atoms with E-state index in [2.05, 4.69) is 10.3 Å². The van der Waals surface area contributed by atoms with Gasteiger partial charge in [0.1, 0.15) is 0 Å². The van der Waals surface area contributed by atoms with Crippen LogP contribution < -0.4 is 5.32 Å². The van der Waals surface area contributed by atoms with Gasteiger partial charge < -0.3 is 10.4 Å². The zero-order chi connectivity index (χ0) is 14.2. The molecule has 0 saturated carbocycles. The number of aliphatic hydroxyl groups excluding tert-OH is 1. The fraction of sp³-hybridized carbons (Fsp3) is 0.200. The molecule has 104 valence electrons. The van der Waals surface area contributed by atoms with Gasteiger partial charge in [-0.25, -0.2) is 0 Å². The minimum absolute atomic E-state index is 0.0508. The van der Waals surface area contributed by atoms with Crippen LogP contribution in [0.5, 0.6) is 0 Å². The van der Waals surface area contributed by atoms with Crippen molar-refractivity contribution in [2.75, 3.05) is 13.2 Å². The van der Waals surface area contributed by atoms with E-state index < -0.39 is 0 Å². The Morgan fingerprint density at radius 1 is 1.25 bits per heavy atom. The molecule has 1 heterocycles. The van der Waals surface area contributed by atoms with E-state index in [1.807, 2.05) is 30.5 Å². The molecule has 0 fully saturated rings. The van der Waals surface area contributed by atoms with E-state index in [-0.39, 0.29) is 19.1 Å². The first-order valence-electron chi connectivity index (χ1n) is 6.30. The number of hydrogen-bond donors (Lipinski definition) is 2. The second kappa shape index (κ2) is 7.67. The van der Waals surface area contributed by atoms with E-state index in [0.717, 1.165) is 10.6 Å². The maximum absolute atomic E-state index is 11.7. The lowest BCUT2D eigenvalue weighted by molar-refractivity contribution is 0.0944. The average molecular weight is 288 g/mol. The third-order valence-corrected chi connectivity index (χ3v) is 3.73. The van der Waals surface area contributed by atoms with E-state index in [0.29, 0.717) is 5.56 Å². The predicted octanol–water partition coefficient (Wildman–Crippen LogP) is 2.10. The smallest absolute Gasteiger partial charge is 0.251 e. The van der Waals surface area contributed by atoms with Crippen LogP contribution >= 0.6 is 11.8 Å². The summed E-state index contributed by atoms with van der Waals surface area (Å²) in [5, 5.41) is 11.3. The van der Waals surface area contributed by atoms with Crippen molar-refractivity contribution in [3.63, 3.8) is 0 Å². The summed E-state index contributed by atoms with van der Waals surface area (Å²) in [5.41, 5.74) is 1.77. The normalized spacial score (nSPS) is 10.2. The maximum atomic E-state index is 11.7. The van der Waals surface area contributed by atoms with Gasteiger partial charge in [-0.05, 0) is 35.9 Å². The Kier molecular flexibility index (Phi) is 5.58. The highest BCUT2D eigenvalue weighted by molar-refractivity contribution is 7.98. The third-order valence-electron chi connectivity index (χ3n) is 2.64. The number of carbonyl (C=O) groups is 1. The first-order valence-corrected chi connectivity index (χ1v) is 7.29. The molecule has 0 radical (unpaired) electrons. The van der Waals surface area contributed by atoms with Crippen molar-refractivity contribution in [2.45, 2.75) is 10.6 Å². The van der Waals surface area contributed by atoms with Crippen LogP contribution in [0.15, 0.2) is 53.7 Å². The number of nitrogens with one attached hydrogen (secondary N) is 1. The largest absolute Gasteiger partial charge is 0.395 e. The van der Waals surface area contributed by atoms with Gasteiger partial charge in [0.15, 0.2) is 0 Å². The Morgan fingerprint density at radius 3 is 2.70 bits per heavy atom. The van der Waals surface area contributed by atoms with Crippen molar-refractivity contribution in [3.8, 4) is 0 Å². The molecule has 0 unspecified atom stereocenters. The van der Waals surface area contributed by atoms with Crippen molar-refractivity contribution in [2.24, 2.45) is 0 Å². The van der Waals surface area contributed by atoms with Crippen LogP contribution in [0.25, 0.3) is 0 Å². The van der Waals surface area contributed by atoms with Crippen molar-refractivity contribution in [1.29, 1.82) is 0 Å². The van der Waals surface area contributed by atoms with E-state index in [1.54, 1.807) is 30.1 Å². The minimum atomic E-state index is -0.164. The number of carbonyl (C=O) groups excluding carboxylic acids is 1. The molecule has 0 atom stereocenters. The third kappa shape index (κ3) is 4.36. The van der Waals surface area contributed by atoms with Crippen LogP contribution in [0.1, 0.15) is 15.9 Å². The van der Waals surface area contributed by atoms with Crippen molar-refractivity contribution in [3.05, 3.63) is 59.9 Å². The molecule has 1 aromatic carbocycles. The molecule has 0 saturated heterocycles. The molecule has 0 aliphatic heterocycles. The second-order valence-corrected chi connectivity index (χ2v) is 5.20. The molecule has 0 aliphatic carbocycles. The van der Waals surface area contributed by atoms with Crippen molar-refractivity contribution in [1.82, 2.24) is 10.3 Å². The Labute approximate surface area is 122 Å². The van der Waals surface area contributed by atoms with Crippen LogP contribution in [-0.2, 0) is 5.75 Å². The zero-order valence-corrected chi connectivity index (χ0v) is 11.8. The SMILES string of the molecule is O=C(NCCO)c1ccc(SCc2cccnc2)cc1. The van der Waals surface area contributed by atoms with E-state index >= 15 is 0 Å². The van der Waals surface area contributed by atoms with Gasteiger partial charge in [-0.3, -0.25) is 9.78 Å². The van der Waals surface area contributed by atoms with E-state index in [1.165, 1.54) is 5.56 Å². The number of hydrogen-bond acceptors (Lipinski definition) is 4. The van der Waals surface area contributed by atoms with Crippen LogP contribution in [0.3, 0.4) is 0 Å². The number of aliphatic hydroxyl groups is 1. The van der Waals surface area contributed by atoms with Crippen LogP contribution in [0, 0.1) is 0 Å². The molecule has 5 heteroatoms. The van der Waals surface area contributed by atoms with Gasteiger partial charge in [0.2, 0.25) is 0 Å². The fourth-order valence-electron chi connectivity index (χ4n) is 1.62. The molecular formula is C15H16N2O2S. The van der Waals surface area contributed by atoms with Gasteiger partial charge in [-0.1, -0.05) is 6.07 Å². The van der Waals surface area contributed by atoms with Gasteiger partial charge in [0.25, 0.3) is 5.91 Å². The molecule has 0 spiro atoms. The minimum Gasteiger partial charge on any atom is -0.395 e. The number of rotatable bonds is 6. The molecule has 2 N–H and O–H groups in total. The van der Waals surface area contributed by atoms with Gasteiger partial charge in [0.05, 0.1) is 6.61 Å². The first kappa shape index (κ1) is 14.6. The fourth-order valence-corrected chi connectivity index (χ4v) is 2.46. The molecule has 2 aromatic rings. The van der Waals surface area contributed by atoms with Gasteiger partial charge in [-0.2, -0.15) is 0 Å². The number of benzene rings is 1. The lowest BCUT2D eigenvalue weighted by Gasteiger charge is -2.05. The summed E-state index contributed by atoms with van der Waals surface area (Å²) >= 11 is 1.70. The highest BCUT2D eigenvalue weighted by Crippen LogP contribution is 2.22. The molecule has 0 aliphatic rings. The summed E-state index contributed by atoms with van der Waals surface area (Å²) in [6, 6.07) is 11.4. The molecule has 2 rings (SSSR count). The quantitative estimate of drug-likeness (QED) is 0.799. The molecule has 4 nitrogen and oxygen atoms in total. The topological polar surface area (TPSA) is 62.2 Å². The molecule has 1 aromatic heterocycles. The second-order valence-electron chi connectivity index (χ2n) is 4.15. The van der Waals surface area contributed by atoms with Gasteiger partial charge in [0, 0.05) is 35.2 Å². The molecule has 20 heavy (non-hydrogen) atoms. The summed E-state index contributed by atoms with van der Waals surface area (Å²) in [5.74, 6) is 0.687. The summed E-state index contributed by atoms with van der Waals surface area (Å²) < 4.78 is 0. The predicted molar refractivity (Wildman–Crippen MR) is 79.7 cm³/mol. The van der Waals surface area contributed by atoms with Crippen LogP contribution in [0.4, 0.5) is 0 Å². The average Bonchev–Trinajstić information content (AvgIpc) is 2.52. The molecule has 0 bridgehead atoms. The van der Waals surface area contributed by atoms with E-state index in [4.69, 9.17) is 5.11 Å². The highest BCUT2D eigenvalue weighted by atomic mass is 32.2. The van der Waals surface area contributed by atoms with Gasteiger partial charge in [-0.15, -0.1) is 11.8 Å². The highest BCUT2D eigenvalue weighted by Gasteiger charge is 2.04. The Bertz CT molecular complexity index is 544. The Balaban J connectivity index is 1.90. The van der Waals surface area contributed by atoms with Gasteiger partial charge >= 0.3 is 0 Å². The monoisotopic (exact) mass is 288 g/mol.